The van der Waals surface area contributed by atoms with E-state index < -0.39 is 36.7 Å². The van der Waals surface area contributed by atoms with Crippen molar-refractivity contribution in [3.8, 4) is 6.07 Å². The molecule has 0 radical (unpaired) electrons. The number of aromatic nitrogens is 2. The Morgan fingerprint density at radius 3 is 2.94 bits per heavy atom. The number of nitrogens with zero attached hydrogens (tertiary/aromatic N) is 3. The summed E-state index contributed by atoms with van der Waals surface area (Å²) < 4.78 is 6.37. The van der Waals surface area contributed by atoms with Crippen LogP contribution in [-0.2, 0) is 4.74 Å². The normalized spacial score (nSPS) is 31.2. The molecule has 8 heteroatoms. The molecular formula is C10H12N4O4. The largest absolute Gasteiger partial charge is 0.394 e. The van der Waals surface area contributed by atoms with E-state index in [1.54, 1.807) is 0 Å². The Morgan fingerprint density at radius 2 is 2.39 bits per heavy atom. The average molecular weight is 252 g/mol. The topological polar surface area (TPSA) is 134 Å². The molecule has 2 rings (SSSR count). The van der Waals surface area contributed by atoms with Gasteiger partial charge in [-0.1, -0.05) is 0 Å². The Balaban J connectivity index is 2.39. The van der Waals surface area contributed by atoms with Gasteiger partial charge in [0.2, 0.25) is 0 Å². The van der Waals surface area contributed by atoms with Gasteiger partial charge in [0.1, 0.15) is 23.9 Å². The van der Waals surface area contributed by atoms with Gasteiger partial charge in [-0.25, -0.2) is 4.79 Å². The molecule has 1 aliphatic heterocycles. The van der Waals surface area contributed by atoms with E-state index in [1.165, 1.54) is 12.3 Å². The lowest BCUT2D eigenvalue weighted by Gasteiger charge is -2.16. The molecule has 1 saturated heterocycles. The number of aliphatic hydroxyl groups excluding tert-OH is 2. The van der Waals surface area contributed by atoms with Crippen LogP contribution < -0.4 is 11.4 Å². The number of ether oxygens (including phenoxy) is 1. The minimum Gasteiger partial charge on any atom is -0.394 e. The van der Waals surface area contributed by atoms with E-state index >= 15 is 0 Å². The fraction of sp³-hybridized carbons (Fsp3) is 0.500. The Morgan fingerprint density at radius 1 is 1.67 bits per heavy atom. The first-order chi connectivity index (χ1) is 8.58. The lowest BCUT2D eigenvalue weighted by molar-refractivity contribution is -0.0469. The maximum atomic E-state index is 11.6. The second-order valence-corrected chi connectivity index (χ2v) is 3.94. The lowest BCUT2D eigenvalue weighted by Crippen LogP contribution is -2.31. The maximum absolute atomic E-state index is 11.6. The van der Waals surface area contributed by atoms with Crippen LogP contribution in [-0.4, -0.2) is 38.6 Å². The summed E-state index contributed by atoms with van der Waals surface area (Å²) in [6, 6.07) is 3.25. The molecule has 96 valence electrons. The van der Waals surface area contributed by atoms with Crippen molar-refractivity contribution >= 4 is 5.82 Å². The minimum atomic E-state index is -1.16. The monoisotopic (exact) mass is 252 g/mol. The highest BCUT2D eigenvalue weighted by Gasteiger charge is 2.45. The van der Waals surface area contributed by atoms with Gasteiger partial charge < -0.3 is 20.7 Å². The second kappa shape index (κ2) is 4.73. The SMILES string of the molecule is N#C[C@H]1C(O)[C@@H](CO)OC1n1ccc(N)nc1=O. The molecule has 0 spiro atoms. The standard InChI is InChI=1S/C10H12N4O4/c11-3-5-8(16)6(4-15)18-9(5)14-2-1-7(12)13-10(14)17/h1-2,5-6,8-9,15-16H,4H2,(H2,12,13,17)/t5-,6+,8?,9?/m0/s1. The van der Waals surface area contributed by atoms with Gasteiger partial charge in [-0.15, -0.1) is 0 Å². The molecule has 0 aliphatic carbocycles. The molecule has 0 aromatic carbocycles. The van der Waals surface area contributed by atoms with Crippen molar-refractivity contribution in [1.29, 1.82) is 5.26 Å². The number of nitrogen functional groups attached to an aromatic ring is 1. The summed E-state index contributed by atoms with van der Waals surface area (Å²) in [4.78, 5) is 15.1. The molecule has 4 atom stereocenters. The summed E-state index contributed by atoms with van der Waals surface area (Å²) in [7, 11) is 0. The van der Waals surface area contributed by atoms with Crippen molar-refractivity contribution in [3.63, 3.8) is 0 Å². The Kier molecular flexibility index (Phi) is 3.29. The smallest absolute Gasteiger partial charge is 0.351 e. The number of aliphatic hydroxyl groups is 2. The Bertz CT molecular complexity index is 537. The number of anilines is 1. The van der Waals surface area contributed by atoms with Crippen LogP contribution in [0.2, 0.25) is 0 Å². The van der Waals surface area contributed by atoms with E-state index in [4.69, 9.17) is 20.8 Å². The summed E-state index contributed by atoms with van der Waals surface area (Å²) in [5.74, 6) is -0.896. The zero-order valence-electron chi connectivity index (χ0n) is 9.30. The fourth-order valence-electron chi connectivity index (χ4n) is 1.89. The predicted molar refractivity (Wildman–Crippen MR) is 59.0 cm³/mol. The van der Waals surface area contributed by atoms with E-state index in [1.807, 2.05) is 6.07 Å². The van der Waals surface area contributed by atoms with Crippen molar-refractivity contribution in [1.82, 2.24) is 9.55 Å². The van der Waals surface area contributed by atoms with Gasteiger partial charge in [0.15, 0.2) is 6.23 Å². The van der Waals surface area contributed by atoms with Crippen LogP contribution in [0.25, 0.3) is 0 Å². The van der Waals surface area contributed by atoms with E-state index in [9.17, 15) is 9.90 Å². The predicted octanol–water partition coefficient (Wildman–Crippen LogP) is -1.78. The summed E-state index contributed by atoms with van der Waals surface area (Å²) in [6.07, 6.45) is -1.70. The number of hydrogen-bond acceptors (Lipinski definition) is 7. The Labute approximate surface area is 102 Å². The van der Waals surface area contributed by atoms with Crippen LogP contribution in [0.5, 0.6) is 0 Å². The average Bonchev–Trinajstić information content (AvgIpc) is 2.65. The quantitative estimate of drug-likeness (QED) is 0.566. The number of hydrogen-bond donors (Lipinski definition) is 3. The van der Waals surface area contributed by atoms with E-state index in [-0.39, 0.29) is 5.82 Å². The summed E-state index contributed by atoms with van der Waals surface area (Å²) in [6.45, 7) is -0.438. The molecule has 0 saturated carbocycles. The summed E-state index contributed by atoms with van der Waals surface area (Å²) in [5, 5.41) is 27.8. The van der Waals surface area contributed by atoms with Crippen molar-refractivity contribution in [3.05, 3.63) is 22.7 Å². The van der Waals surface area contributed by atoms with Gasteiger partial charge in [0, 0.05) is 6.20 Å². The molecule has 1 fully saturated rings. The van der Waals surface area contributed by atoms with Crippen LogP contribution in [0, 0.1) is 17.2 Å². The molecule has 1 aromatic heterocycles. The molecule has 8 nitrogen and oxygen atoms in total. The van der Waals surface area contributed by atoms with Crippen LogP contribution >= 0.6 is 0 Å². The van der Waals surface area contributed by atoms with Crippen molar-refractivity contribution in [2.75, 3.05) is 12.3 Å². The third-order valence-electron chi connectivity index (χ3n) is 2.82. The maximum Gasteiger partial charge on any atom is 0.351 e. The molecule has 4 N–H and O–H groups in total. The van der Waals surface area contributed by atoms with Crippen molar-refractivity contribution in [2.45, 2.75) is 18.4 Å². The van der Waals surface area contributed by atoms with E-state index in [0.29, 0.717) is 0 Å². The Hall–Kier alpha value is -1.95. The number of rotatable bonds is 2. The first kappa shape index (κ1) is 12.5. The second-order valence-electron chi connectivity index (χ2n) is 3.94. The third-order valence-corrected chi connectivity index (χ3v) is 2.82. The first-order valence-corrected chi connectivity index (χ1v) is 5.27. The third kappa shape index (κ3) is 1.95. The lowest BCUT2D eigenvalue weighted by atomic mass is 10.0. The molecule has 0 bridgehead atoms. The van der Waals surface area contributed by atoms with Crippen LogP contribution in [0.15, 0.2) is 17.1 Å². The number of nitriles is 1. The highest BCUT2D eigenvalue weighted by atomic mass is 16.5. The van der Waals surface area contributed by atoms with Gasteiger partial charge >= 0.3 is 5.69 Å². The minimum absolute atomic E-state index is 0.0574. The molecule has 1 aromatic rings. The summed E-state index contributed by atoms with van der Waals surface area (Å²) >= 11 is 0. The molecular weight excluding hydrogens is 240 g/mol. The van der Waals surface area contributed by atoms with Gasteiger partial charge in [-0.3, -0.25) is 4.57 Å². The van der Waals surface area contributed by atoms with Crippen molar-refractivity contribution < 1.29 is 14.9 Å². The molecule has 1 aliphatic rings. The highest BCUT2D eigenvalue weighted by Crippen LogP contribution is 2.33. The number of nitrogens with two attached hydrogens (primary N) is 1. The molecule has 0 amide bonds. The summed E-state index contributed by atoms with van der Waals surface area (Å²) in [5.41, 5.74) is 4.68. The van der Waals surface area contributed by atoms with Gasteiger partial charge in [-0.2, -0.15) is 10.2 Å². The van der Waals surface area contributed by atoms with Gasteiger partial charge in [0.25, 0.3) is 0 Å². The molecule has 18 heavy (non-hydrogen) atoms. The van der Waals surface area contributed by atoms with Crippen molar-refractivity contribution in [2.24, 2.45) is 5.92 Å². The molecule has 2 heterocycles. The van der Waals surface area contributed by atoms with Gasteiger partial charge in [-0.05, 0) is 6.07 Å². The first-order valence-electron chi connectivity index (χ1n) is 5.27. The van der Waals surface area contributed by atoms with E-state index in [0.717, 1.165) is 4.57 Å². The van der Waals surface area contributed by atoms with Crippen LogP contribution in [0.3, 0.4) is 0 Å². The van der Waals surface area contributed by atoms with Crippen LogP contribution in [0.4, 0.5) is 5.82 Å². The fourth-order valence-corrected chi connectivity index (χ4v) is 1.89. The zero-order chi connectivity index (χ0) is 13.3. The molecule has 2 unspecified atom stereocenters. The highest BCUT2D eigenvalue weighted by molar-refractivity contribution is 5.23. The van der Waals surface area contributed by atoms with Crippen LogP contribution in [0.1, 0.15) is 6.23 Å². The van der Waals surface area contributed by atoms with E-state index in [2.05, 4.69) is 4.98 Å². The zero-order valence-corrected chi connectivity index (χ0v) is 9.30. The van der Waals surface area contributed by atoms with Gasteiger partial charge in [0.05, 0.1) is 12.7 Å².